The molecule has 13 heavy (non-hydrogen) atoms. The summed E-state index contributed by atoms with van der Waals surface area (Å²) in [6, 6.07) is 1.84. The quantitative estimate of drug-likeness (QED) is 0.528. The summed E-state index contributed by atoms with van der Waals surface area (Å²) >= 11 is 0. The van der Waals surface area contributed by atoms with Crippen LogP contribution in [0.3, 0.4) is 0 Å². The molecule has 0 saturated heterocycles. The number of hydrogen-bond acceptors (Lipinski definition) is 2. The van der Waals surface area contributed by atoms with Crippen molar-refractivity contribution in [2.24, 2.45) is 17.8 Å². The van der Waals surface area contributed by atoms with Gasteiger partial charge in [-0.25, -0.2) is 0 Å². The molecule has 3 N–H and O–H groups in total. The summed E-state index contributed by atoms with van der Waals surface area (Å²) < 4.78 is 1.70. The molecular formula is C8H15N5. The lowest BCUT2D eigenvalue weighted by Crippen LogP contribution is -2.23. The van der Waals surface area contributed by atoms with Crippen molar-refractivity contribution in [1.82, 2.24) is 9.78 Å². The van der Waals surface area contributed by atoms with Crippen molar-refractivity contribution in [1.29, 1.82) is 0 Å². The van der Waals surface area contributed by atoms with Gasteiger partial charge in [-0.3, -0.25) is 9.67 Å². The standard InChI is InChI=1S/C8H15N5/c1-3-5-10-8(9)11-7-4-6-13(2)12-7/h4,6H,3,5H2,1-2H3,(H3,9,10,11,12). The van der Waals surface area contributed by atoms with Crippen molar-refractivity contribution in [3.05, 3.63) is 12.3 Å². The van der Waals surface area contributed by atoms with Gasteiger partial charge in [0.15, 0.2) is 11.8 Å². The Hall–Kier alpha value is -1.52. The van der Waals surface area contributed by atoms with E-state index in [4.69, 9.17) is 5.73 Å². The van der Waals surface area contributed by atoms with Crippen molar-refractivity contribution in [3.8, 4) is 0 Å². The fourth-order valence-corrected chi connectivity index (χ4v) is 0.885. The van der Waals surface area contributed by atoms with Gasteiger partial charge in [0, 0.05) is 25.9 Å². The Balaban J connectivity index is 2.49. The summed E-state index contributed by atoms with van der Waals surface area (Å²) in [6.45, 7) is 2.79. The van der Waals surface area contributed by atoms with Crippen molar-refractivity contribution in [2.75, 3.05) is 11.9 Å². The number of aromatic nitrogens is 2. The van der Waals surface area contributed by atoms with Crippen LogP contribution in [0.15, 0.2) is 17.3 Å². The summed E-state index contributed by atoms with van der Waals surface area (Å²) in [7, 11) is 1.85. The SMILES string of the molecule is CCCN=C(N)Nc1ccn(C)n1. The molecule has 0 spiro atoms. The van der Waals surface area contributed by atoms with Gasteiger partial charge < -0.3 is 11.1 Å². The first-order valence-corrected chi connectivity index (χ1v) is 4.29. The zero-order valence-corrected chi connectivity index (χ0v) is 7.99. The molecule has 0 aliphatic heterocycles. The Morgan fingerprint density at radius 2 is 2.54 bits per heavy atom. The molecule has 0 aromatic carbocycles. The molecule has 0 atom stereocenters. The van der Waals surface area contributed by atoms with Crippen LogP contribution in [0, 0.1) is 0 Å². The summed E-state index contributed by atoms with van der Waals surface area (Å²) in [5.74, 6) is 1.14. The molecule has 0 amide bonds. The minimum atomic E-state index is 0.417. The minimum absolute atomic E-state index is 0.417. The number of guanidine groups is 1. The van der Waals surface area contributed by atoms with Crippen LogP contribution in [0.25, 0.3) is 0 Å². The van der Waals surface area contributed by atoms with Crippen molar-refractivity contribution >= 4 is 11.8 Å². The maximum atomic E-state index is 5.59. The van der Waals surface area contributed by atoms with Gasteiger partial charge in [0.05, 0.1) is 0 Å². The third-order valence-electron chi connectivity index (χ3n) is 1.48. The predicted molar refractivity (Wildman–Crippen MR) is 53.6 cm³/mol. The first kappa shape index (κ1) is 9.57. The molecule has 1 aromatic rings. The van der Waals surface area contributed by atoms with Gasteiger partial charge in [-0.2, -0.15) is 5.10 Å². The second-order valence-electron chi connectivity index (χ2n) is 2.77. The third-order valence-corrected chi connectivity index (χ3v) is 1.48. The number of rotatable bonds is 3. The van der Waals surface area contributed by atoms with Crippen molar-refractivity contribution in [3.63, 3.8) is 0 Å². The molecule has 1 rings (SSSR count). The number of aryl methyl sites for hydroxylation is 1. The summed E-state index contributed by atoms with van der Waals surface area (Å²) in [5.41, 5.74) is 5.59. The molecule has 0 aliphatic rings. The monoisotopic (exact) mass is 181 g/mol. The minimum Gasteiger partial charge on any atom is -0.370 e. The molecule has 5 nitrogen and oxygen atoms in total. The van der Waals surface area contributed by atoms with E-state index in [1.54, 1.807) is 4.68 Å². The normalized spacial score (nSPS) is 11.7. The fourth-order valence-electron chi connectivity index (χ4n) is 0.885. The van der Waals surface area contributed by atoms with Crippen LogP contribution in [0.4, 0.5) is 5.82 Å². The highest BCUT2D eigenvalue weighted by atomic mass is 15.3. The van der Waals surface area contributed by atoms with Gasteiger partial charge >= 0.3 is 0 Å². The number of nitrogens with one attached hydrogen (secondary N) is 1. The van der Waals surface area contributed by atoms with Crippen LogP contribution in [0.1, 0.15) is 13.3 Å². The Kier molecular flexibility index (Phi) is 3.31. The highest BCUT2D eigenvalue weighted by molar-refractivity contribution is 5.91. The highest BCUT2D eigenvalue weighted by Gasteiger charge is 1.96. The number of hydrogen-bond donors (Lipinski definition) is 2. The molecule has 0 bridgehead atoms. The Bertz CT molecular complexity index is 288. The van der Waals surface area contributed by atoms with Crippen LogP contribution in [-0.2, 0) is 7.05 Å². The highest BCUT2D eigenvalue weighted by Crippen LogP contribution is 1.99. The zero-order chi connectivity index (χ0) is 9.68. The van der Waals surface area contributed by atoms with Crippen LogP contribution < -0.4 is 11.1 Å². The first-order chi connectivity index (χ1) is 6.22. The van der Waals surface area contributed by atoms with Crippen LogP contribution in [-0.4, -0.2) is 22.3 Å². The van der Waals surface area contributed by atoms with Gasteiger partial charge in [-0.05, 0) is 6.42 Å². The van der Waals surface area contributed by atoms with Gasteiger partial charge in [0.1, 0.15) is 0 Å². The lowest BCUT2D eigenvalue weighted by molar-refractivity contribution is 0.771. The predicted octanol–water partition coefficient (Wildman–Crippen LogP) is 0.557. The Labute approximate surface area is 77.6 Å². The molecule has 1 aromatic heterocycles. The summed E-state index contributed by atoms with van der Waals surface area (Å²) in [4.78, 5) is 4.08. The van der Waals surface area contributed by atoms with E-state index in [1.807, 2.05) is 19.3 Å². The van der Waals surface area contributed by atoms with E-state index in [-0.39, 0.29) is 0 Å². The Morgan fingerprint density at radius 3 is 3.08 bits per heavy atom. The van der Waals surface area contributed by atoms with E-state index >= 15 is 0 Å². The maximum Gasteiger partial charge on any atom is 0.194 e. The third kappa shape index (κ3) is 3.14. The van der Waals surface area contributed by atoms with Crippen LogP contribution >= 0.6 is 0 Å². The lowest BCUT2D eigenvalue weighted by Gasteiger charge is -2.00. The van der Waals surface area contributed by atoms with E-state index in [9.17, 15) is 0 Å². The average molecular weight is 181 g/mol. The van der Waals surface area contributed by atoms with Gasteiger partial charge in [-0.15, -0.1) is 0 Å². The smallest absolute Gasteiger partial charge is 0.194 e. The number of anilines is 1. The number of aliphatic imine (C=N–C) groups is 1. The molecule has 0 fully saturated rings. The Morgan fingerprint density at radius 1 is 1.77 bits per heavy atom. The van der Waals surface area contributed by atoms with E-state index in [2.05, 4.69) is 22.3 Å². The van der Waals surface area contributed by atoms with E-state index in [0.717, 1.165) is 18.8 Å². The molecule has 72 valence electrons. The van der Waals surface area contributed by atoms with Crippen LogP contribution in [0.2, 0.25) is 0 Å². The number of nitrogens with two attached hydrogens (primary N) is 1. The molecule has 0 aliphatic carbocycles. The van der Waals surface area contributed by atoms with E-state index in [1.165, 1.54) is 0 Å². The summed E-state index contributed by atoms with van der Waals surface area (Å²) in [6.07, 6.45) is 2.83. The van der Waals surface area contributed by atoms with Gasteiger partial charge in [-0.1, -0.05) is 6.92 Å². The fraction of sp³-hybridized carbons (Fsp3) is 0.500. The molecule has 1 heterocycles. The lowest BCUT2D eigenvalue weighted by atomic mass is 10.5. The summed E-state index contributed by atoms with van der Waals surface area (Å²) in [5, 5.41) is 7.00. The zero-order valence-electron chi connectivity index (χ0n) is 7.99. The van der Waals surface area contributed by atoms with E-state index in [0.29, 0.717) is 5.96 Å². The number of nitrogens with zero attached hydrogens (tertiary/aromatic N) is 3. The second-order valence-corrected chi connectivity index (χ2v) is 2.77. The van der Waals surface area contributed by atoms with Gasteiger partial charge in [0.25, 0.3) is 0 Å². The van der Waals surface area contributed by atoms with Crippen molar-refractivity contribution in [2.45, 2.75) is 13.3 Å². The van der Waals surface area contributed by atoms with Gasteiger partial charge in [0.2, 0.25) is 0 Å². The molecule has 5 heteroatoms. The molecule has 0 saturated carbocycles. The molecule has 0 unspecified atom stereocenters. The first-order valence-electron chi connectivity index (χ1n) is 4.29. The van der Waals surface area contributed by atoms with Crippen molar-refractivity contribution < 1.29 is 0 Å². The van der Waals surface area contributed by atoms with E-state index < -0.39 is 0 Å². The molecule has 0 radical (unpaired) electrons. The topological polar surface area (TPSA) is 68.2 Å². The average Bonchev–Trinajstić information content (AvgIpc) is 2.48. The molecular weight excluding hydrogens is 166 g/mol. The maximum absolute atomic E-state index is 5.59. The van der Waals surface area contributed by atoms with Crippen LogP contribution in [0.5, 0.6) is 0 Å². The largest absolute Gasteiger partial charge is 0.370 e. The second kappa shape index (κ2) is 4.49.